The van der Waals surface area contributed by atoms with Crippen LogP contribution in [0.5, 0.6) is 0 Å². The van der Waals surface area contributed by atoms with Gasteiger partial charge in [0, 0.05) is 18.0 Å². The molecule has 1 fully saturated rings. The van der Waals surface area contributed by atoms with Crippen molar-refractivity contribution in [2.24, 2.45) is 0 Å². The number of carboxylic acids is 1. The standard InChI is InChI=1S/C28H26N2O5/c31-25(32)14-13-18-7-1-6-12-24(18)29-26(33)28(15-16-28)30-27(34)35-17-23-21-10-4-2-8-19(21)20-9-3-5-11-22(20)23/h1-12,23H,13-17H2,(H,29,33)(H,30,34)(H,31,32). The van der Waals surface area contributed by atoms with Gasteiger partial charge in [0.25, 0.3) is 0 Å². The van der Waals surface area contributed by atoms with Crippen molar-refractivity contribution in [2.75, 3.05) is 11.9 Å². The van der Waals surface area contributed by atoms with Crippen LogP contribution in [0.15, 0.2) is 72.8 Å². The second kappa shape index (κ2) is 9.25. The predicted molar refractivity (Wildman–Crippen MR) is 131 cm³/mol. The minimum absolute atomic E-state index is 0.0317. The van der Waals surface area contributed by atoms with E-state index in [2.05, 4.69) is 34.9 Å². The van der Waals surface area contributed by atoms with Crippen LogP contribution in [0, 0.1) is 0 Å². The van der Waals surface area contributed by atoms with Crippen LogP contribution >= 0.6 is 0 Å². The molecule has 2 amide bonds. The number of hydrogen-bond acceptors (Lipinski definition) is 4. The number of rotatable bonds is 8. The topological polar surface area (TPSA) is 105 Å². The Bertz CT molecular complexity index is 1250. The normalized spacial score (nSPS) is 15.0. The van der Waals surface area contributed by atoms with Crippen molar-refractivity contribution < 1.29 is 24.2 Å². The average Bonchev–Trinajstić information content (AvgIpc) is 3.57. The Morgan fingerprint density at radius 1 is 0.886 bits per heavy atom. The van der Waals surface area contributed by atoms with Crippen molar-refractivity contribution in [1.29, 1.82) is 0 Å². The largest absolute Gasteiger partial charge is 0.481 e. The van der Waals surface area contributed by atoms with Gasteiger partial charge in [0.1, 0.15) is 12.1 Å². The molecule has 2 aliphatic rings. The maximum absolute atomic E-state index is 13.0. The third kappa shape index (κ3) is 4.62. The van der Waals surface area contributed by atoms with E-state index in [0.717, 1.165) is 27.8 Å². The molecule has 5 rings (SSSR count). The Morgan fingerprint density at radius 3 is 2.11 bits per heavy atom. The first-order chi connectivity index (χ1) is 17.0. The lowest BCUT2D eigenvalue weighted by Gasteiger charge is -2.20. The second-order valence-electron chi connectivity index (χ2n) is 9.04. The van der Waals surface area contributed by atoms with E-state index >= 15 is 0 Å². The molecule has 0 aliphatic heterocycles. The number of carboxylic acid groups (broad SMARTS) is 1. The third-order valence-electron chi connectivity index (χ3n) is 6.74. The van der Waals surface area contributed by atoms with Gasteiger partial charge in [0.05, 0.1) is 0 Å². The van der Waals surface area contributed by atoms with Crippen molar-refractivity contribution >= 4 is 23.7 Å². The molecule has 3 N–H and O–H groups in total. The third-order valence-corrected chi connectivity index (χ3v) is 6.74. The average molecular weight is 471 g/mol. The monoisotopic (exact) mass is 470 g/mol. The number of benzene rings is 3. The maximum Gasteiger partial charge on any atom is 0.408 e. The van der Waals surface area contributed by atoms with E-state index in [-0.39, 0.29) is 24.9 Å². The molecule has 178 valence electrons. The molecule has 2 aliphatic carbocycles. The van der Waals surface area contributed by atoms with E-state index in [0.29, 0.717) is 24.9 Å². The van der Waals surface area contributed by atoms with Gasteiger partial charge in [-0.3, -0.25) is 9.59 Å². The number of nitrogens with one attached hydrogen (secondary N) is 2. The molecule has 0 atom stereocenters. The van der Waals surface area contributed by atoms with Crippen molar-refractivity contribution in [2.45, 2.75) is 37.1 Å². The number of fused-ring (bicyclic) bond motifs is 3. The fourth-order valence-corrected chi connectivity index (χ4v) is 4.71. The summed E-state index contributed by atoms with van der Waals surface area (Å²) in [6, 6.07) is 23.3. The van der Waals surface area contributed by atoms with E-state index in [1.165, 1.54) is 0 Å². The van der Waals surface area contributed by atoms with Gasteiger partial charge in [-0.25, -0.2) is 4.79 Å². The summed E-state index contributed by atoms with van der Waals surface area (Å²) in [5, 5.41) is 14.6. The van der Waals surface area contributed by atoms with Crippen LogP contribution in [0.3, 0.4) is 0 Å². The Labute approximate surface area is 203 Å². The van der Waals surface area contributed by atoms with E-state index in [4.69, 9.17) is 9.84 Å². The van der Waals surface area contributed by atoms with Crippen molar-refractivity contribution in [3.63, 3.8) is 0 Å². The first-order valence-electron chi connectivity index (χ1n) is 11.7. The molecule has 35 heavy (non-hydrogen) atoms. The minimum Gasteiger partial charge on any atom is -0.481 e. The molecule has 3 aromatic carbocycles. The zero-order valence-corrected chi connectivity index (χ0v) is 19.1. The van der Waals surface area contributed by atoms with Crippen LogP contribution in [0.25, 0.3) is 11.1 Å². The highest BCUT2D eigenvalue weighted by Gasteiger charge is 2.52. The number of hydrogen-bond donors (Lipinski definition) is 3. The summed E-state index contributed by atoms with van der Waals surface area (Å²) < 4.78 is 5.61. The first-order valence-corrected chi connectivity index (χ1v) is 11.7. The lowest BCUT2D eigenvalue weighted by atomic mass is 9.98. The summed E-state index contributed by atoms with van der Waals surface area (Å²) in [7, 11) is 0. The summed E-state index contributed by atoms with van der Waals surface area (Å²) in [5.41, 5.74) is 4.83. The summed E-state index contributed by atoms with van der Waals surface area (Å²) in [6.45, 7) is 0.176. The number of amides is 2. The Hall–Kier alpha value is -4.13. The van der Waals surface area contributed by atoms with Gasteiger partial charge >= 0.3 is 12.1 Å². The van der Waals surface area contributed by atoms with Gasteiger partial charge in [-0.1, -0.05) is 66.7 Å². The van der Waals surface area contributed by atoms with Gasteiger partial charge in [0.15, 0.2) is 0 Å². The molecule has 0 aromatic heterocycles. The van der Waals surface area contributed by atoms with Crippen LogP contribution in [-0.4, -0.2) is 35.2 Å². The second-order valence-corrected chi connectivity index (χ2v) is 9.04. The Balaban J connectivity index is 1.22. The van der Waals surface area contributed by atoms with Crippen LogP contribution in [0.1, 0.15) is 41.9 Å². The Kier molecular flexibility index (Phi) is 5.99. The van der Waals surface area contributed by atoms with E-state index < -0.39 is 17.6 Å². The van der Waals surface area contributed by atoms with Crippen molar-refractivity contribution in [3.8, 4) is 11.1 Å². The van der Waals surface area contributed by atoms with Crippen LogP contribution in [0.4, 0.5) is 10.5 Å². The molecule has 7 nitrogen and oxygen atoms in total. The number of carbonyl (C=O) groups is 3. The molecule has 0 saturated heterocycles. The molecule has 0 heterocycles. The number of carbonyl (C=O) groups excluding carboxylic acids is 2. The number of aryl methyl sites for hydroxylation is 1. The zero-order valence-electron chi connectivity index (χ0n) is 19.1. The molecule has 0 radical (unpaired) electrons. The summed E-state index contributed by atoms with van der Waals surface area (Å²) in [6.07, 6.45) is 0.675. The number of para-hydroxylation sites is 1. The smallest absolute Gasteiger partial charge is 0.408 e. The molecular formula is C28H26N2O5. The van der Waals surface area contributed by atoms with E-state index in [9.17, 15) is 14.4 Å². The van der Waals surface area contributed by atoms with Gasteiger partial charge in [0.2, 0.25) is 5.91 Å². The molecule has 1 saturated carbocycles. The summed E-state index contributed by atoms with van der Waals surface area (Å²) in [5.74, 6) is -1.28. The molecular weight excluding hydrogens is 444 g/mol. The van der Waals surface area contributed by atoms with Crippen LogP contribution in [0.2, 0.25) is 0 Å². The van der Waals surface area contributed by atoms with E-state index in [1.807, 2.05) is 24.3 Å². The van der Waals surface area contributed by atoms with Crippen molar-refractivity contribution in [3.05, 3.63) is 89.5 Å². The fraction of sp³-hybridized carbons (Fsp3) is 0.250. The summed E-state index contributed by atoms with van der Waals surface area (Å²) >= 11 is 0. The zero-order chi connectivity index (χ0) is 24.4. The first kappa shape index (κ1) is 22.7. The lowest BCUT2D eigenvalue weighted by Crippen LogP contribution is -2.46. The molecule has 7 heteroatoms. The number of aliphatic carboxylic acids is 1. The highest BCUT2D eigenvalue weighted by Crippen LogP contribution is 2.44. The van der Waals surface area contributed by atoms with Crippen LogP contribution in [-0.2, 0) is 20.7 Å². The SMILES string of the molecule is O=C(O)CCc1ccccc1NC(=O)C1(NC(=O)OCC2c3ccccc3-c3ccccc32)CC1. The maximum atomic E-state index is 13.0. The number of alkyl carbamates (subject to hydrolysis) is 1. The van der Waals surface area contributed by atoms with Crippen molar-refractivity contribution in [1.82, 2.24) is 5.32 Å². The molecule has 3 aromatic rings. The molecule has 0 bridgehead atoms. The quantitative estimate of drug-likeness (QED) is 0.442. The van der Waals surface area contributed by atoms with Gasteiger partial charge in [-0.2, -0.15) is 0 Å². The highest BCUT2D eigenvalue weighted by atomic mass is 16.5. The Morgan fingerprint density at radius 2 is 1.49 bits per heavy atom. The predicted octanol–water partition coefficient (Wildman–Crippen LogP) is 4.71. The summed E-state index contributed by atoms with van der Waals surface area (Å²) in [4.78, 5) is 36.7. The minimum atomic E-state index is -1.01. The van der Waals surface area contributed by atoms with Gasteiger partial charge in [-0.15, -0.1) is 0 Å². The molecule has 0 unspecified atom stereocenters. The lowest BCUT2D eigenvalue weighted by molar-refractivity contribution is -0.137. The molecule has 0 spiro atoms. The van der Waals surface area contributed by atoms with Gasteiger partial charge < -0.3 is 20.5 Å². The number of anilines is 1. The fourth-order valence-electron chi connectivity index (χ4n) is 4.71. The van der Waals surface area contributed by atoms with E-state index in [1.54, 1.807) is 24.3 Å². The number of ether oxygens (including phenoxy) is 1. The highest BCUT2D eigenvalue weighted by molar-refractivity contribution is 6.02. The van der Waals surface area contributed by atoms with Crippen LogP contribution < -0.4 is 10.6 Å². The van der Waals surface area contributed by atoms with Gasteiger partial charge in [-0.05, 0) is 53.1 Å².